The Bertz CT molecular complexity index is 1510. The Morgan fingerprint density at radius 1 is 0.872 bits per heavy atom. The summed E-state index contributed by atoms with van der Waals surface area (Å²) in [6.07, 6.45) is 2.26. The number of pyridine rings is 1. The number of piperidine rings is 1. The second kappa shape index (κ2) is 11.3. The summed E-state index contributed by atoms with van der Waals surface area (Å²) in [4.78, 5) is 18.1. The fourth-order valence-corrected chi connectivity index (χ4v) is 6.02. The van der Waals surface area contributed by atoms with Crippen LogP contribution in [-0.4, -0.2) is 61.1 Å². The molecule has 1 fully saturated rings. The minimum atomic E-state index is 0.0826. The maximum Gasteiger partial charge on any atom is 0.251 e. The molecule has 2 aliphatic rings. The summed E-state index contributed by atoms with van der Waals surface area (Å²) in [5.74, 6) is 1.70. The molecule has 6 nitrogen and oxygen atoms in total. The molecule has 0 atom stereocenters. The normalized spacial score (nSPS) is 16.2. The Balaban J connectivity index is 1.09. The number of likely N-dealkylation sites (tertiary alicyclic amines) is 1. The van der Waals surface area contributed by atoms with E-state index in [2.05, 4.69) is 72.3 Å². The van der Waals surface area contributed by atoms with E-state index < -0.39 is 0 Å². The molecule has 7 heteroatoms. The molecule has 200 valence electrons. The average molecular weight is 521 g/mol. The Morgan fingerprint density at radius 3 is 2.44 bits per heavy atom. The van der Waals surface area contributed by atoms with E-state index in [9.17, 15) is 4.79 Å². The zero-order valence-corrected chi connectivity index (χ0v) is 22.9. The summed E-state index contributed by atoms with van der Waals surface area (Å²) >= 11 is 0. The van der Waals surface area contributed by atoms with Crippen molar-refractivity contribution in [3.63, 3.8) is 0 Å². The fraction of sp³-hybridized carbons (Fsp3) is 0.344. The zero-order chi connectivity index (χ0) is 26.8. The standard InChI is InChI=1S/C32H36BN3O3/c1-23-19-32(37)35(29-21-26(8-9-28(23)29)25-5-3-2-4-6-25)16-15-34-13-11-27(12-14-34)36(33)22-24-7-10-30-31(20-24)39-18-17-38-30/h2-10,19-21,27H,11-18,22,33H2,1H3. The lowest BCUT2D eigenvalue weighted by molar-refractivity contribution is 0.153. The summed E-state index contributed by atoms with van der Waals surface area (Å²) in [5.41, 5.74) is 5.71. The maximum absolute atomic E-state index is 13.1. The van der Waals surface area contributed by atoms with Gasteiger partial charge < -0.3 is 23.8 Å². The van der Waals surface area contributed by atoms with Gasteiger partial charge in [0, 0.05) is 37.1 Å². The van der Waals surface area contributed by atoms with Gasteiger partial charge in [0.1, 0.15) is 13.2 Å². The van der Waals surface area contributed by atoms with Crippen LogP contribution in [0.25, 0.3) is 22.0 Å². The molecule has 0 aliphatic carbocycles. The third-order valence-electron chi connectivity index (χ3n) is 8.29. The van der Waals surface area contributed by atoms with Crippen molar-refractivity contribution >= 4 is 18.9 Å². The topological polar surface area (TPSA) is 46.9 Å². The number of aryl methyl sites for hydroxylation is 1. The first-order chi connectivity index (χ1) is 19.0. The molecular weight excluding hydrogens is 485 g/mol. The van der Waals surface area contributed by atoms with E-state index in [-0.39, 0.29) is 5.56 Å². The molecule has 1 saturated heterocycles. The summed E-state index contributed by atoms with van der Waals surface area (Å²) in [5, 5.41) is 1.15. The predicted octanol–water partition coefficient (Wildman–Crippen LogP) is 4.26. The van der Waals surface area contributed by atoms with Crippen LogP contribution in [-0.2, 0) is 13.1 Å². The molecule has 4 aromatic rings. The summed E-state index contributed by atoms with van der Waals surface area (Å²) in [7, 11) is 2.22. The Hall–Kier alpha value is -3.55. The third kappa shape index (κ3) is 5.61. The lowest BCUT2D eigenvalue weighted by atomic mass is 9.98. The van der Waals surface area contributed by atoms with Gasteiger partial charge in [-0.25, -0.2) is 0 Å². The van der Waals surface area contributed by atoms with Gasteiger partial charge in [0.25, 0.3) is 5.56 Å². The Kier molecular flexibility index (Phi) is 7.44. The number of ether oxygens (including phenoxy) is 2. The van der Waals surface area contributed by atoms with Crippen LogP contribution in [0.4, 0.5) is 0 Å². The van der Waals surface area contributed by atoms with Crippen LogP contribution in [0, 0.1) is 6.92 Å². The number of aromatic nitrogens is 1. The van der Waals surface area contributed by atoms with Crippen LogP contribution < -0.4 is 15.0 Å². The largest absolute Gasteiger partial charge is 0.486 e. The van der Waals surface area contributed by atoms with Gasteiger partial charge in [0.05, 0.1) is 5.52 Å². The zero-order valence-electron chi connectivity index (χ0n) is 22.9. The molecule has 0 unspecified atom stereocenters. The minimum absolute atomic E-state index is 0.0826. The van der Waals surface area contributed by atoms with E-state index in [4.69, 9.17) is 9.47 Å². The van der Waals surface area contributed by atoms with E-state index >= 15 is 0 Å². The van der Waals surface area contributed by atoms with Crippen molar-refractivity contribution < 1.29 is 9.47 Å². The molecule has 0 saturated carbocycles. The molecule has 1 aromatic heterocycles. The third-order valence-corrected chi connectivity index (χ3v) is 8.29. The number of benzene rings is 3. The van der Waals surface area contributed by atoms with Crippen LogP contribution in [0.5, 0.6) is 11.5 Å². The fourth-order valence-electron chi connectivity index (χ4n) is 6.02. The SMILES string of the molecule is BN(Cc1ccc2c(c1)OCCO2)C1CCN(CCn2c(=O)cc(C)c3ccc(-c4ccccc4)cc32)CC1. The number of fused-ring (bicyclic) bond motifs is 2. The van der Waals surface area contributed by atoms with Crippen LogP contribution in [0.2, 0.25) is 0 Å². The molecule has 6 rings (SSSR count). The smallest absolute Gasteiger partial charge is 0.251 e. The molecule has 0 amide bonds. The number of hydrogen-bond acceptors (Lipinski definition) is 5. The van der Waals surface area contributed by atoms with Gasteiger partial charge in [-0.15, -0.1) is 0 Å². The van der Waals surface area contributed by atoms with Gasteiger partial charge in [-0.3, -0.25) is 4.79 Å². The maximum atomic E-state index is 13.1. The van der Waals surface area contributed by atoms with Gasteiger partial charge in [-0.1, -0.05) is 48.5 Å². The van der Waals surface area contributed by atoms with E-state index in [1.54, 1.807) is 6.07 Å². The van der Waals surface area contributed by atoms with Gasteiger partial charge in [-0.05, 0) is 73.3 Å². The highest BCUT2D eigenvalue weighted by Gasteiger charge is 2.23. The lowest BCUT2D eigenvalue weighted by Crippen LogP contribution is -2.44. The van der Waals surface area contributed by atoms with Gasteiger partial charge in [-0.2, -0.15) is 0 Å². The molecular formula is C32H36BN3O3. The first kappa shape index (κ1) is 25.7. The predicted molar refractivity (Wildman–Crippen MR) is 159 cm³/mol. The minimum Gasteiger partial charge on any atom is -0.486 e. The summed E-state index contributed by atoms with van der Waals surface area (Å²) in [6.45, 7) is 7.84. The van der Waals surface area contributed by atoms with Crippen LogP contribution in [0.1, 0.15) is 24.0 Å². The number of hydrogen-bond donors (Lipinski definition) is 0. The van der Waals surface area contributed by atoms with Crippen molar-refractivity contribution in [2.45, 2.75) is 38.9 Å². The van der Waals surface area contributed by atoms with Crippen LogP contribution in [0.3, 0.4) is 0 Å². The van der Waals surface area contributed by atoms with Gasteiger partial charge >= 0.3 is 0 Å². The highest BCUT2D eigenvalue weighted by Crippen LogP contribution is 2.31. The van der Waals surface area contributed by atoms with Crippen molar-refractivity contribution in [2.75, 3.05) is 32.8 Å². The molecule has 0 radical (unpaired) electrons. The van der Waals surface area contributed by atoms with Crippen LogP contribution >= 0.6 is 0 Å². The van der Waals surface area contributed by atoms with E-state index in [0.29, 0.717) is 25.8 Å². The van der Waals surface area contributed by atoms with Crippen molar-refractivity contribution in [3.05, 3.63) is 94.3 Å². The molecule has 2 aliphatic heterocycles. The number of rotatable bonds is 7. The molecule has 0 bridgehead atoms. The molecule has 3 heterocycles. The van der Waals surface area contributed by atoms with E-state index in [1.807, 2.05) is 23.6 Å². The van der Waals surface area contributed by atoms with Crippen molar-refractivity contribution in [1.82, 2.24) is 14.3 Å². The molecule has 0 spiro atoms. The monoisotopic (exact) mass is 521 g/mol. The summed E-state index contributed by atoms with van der Waals surface area (Å²) < 4.78 is 13.4. The Morgan fingerprint density at radius 2 is 1.64 bits per heavy atom. The van der Waals surface area contributed by atoms with Gasteiger partial charge in [0.15, 0.2) is 19.5 Å². The highest BCUT2D eigenvalue weighted by molar-refractivity contribution is 6.04. The van der Waals surface area contributed by atoms with Crippen molar-refractivity contribution in [3.8, 4) is 22.6 Å². The first-order valence-corrected chi connectivity index (χ1v) is 14.1. The highest BCUT2D eigenvalue weighted by atomic mass is 16.6. The lowest BCUT2D eigenvalue weighted by Gasteiger charge is -2.37. The Labute approximate surface area is 231 Å². The quantitative estimate of drug-likeness (QED) is 0.340. The first-order valence-electron chi connectivity index (χ1n) is 14.1. The average Bonchev–Trinajstić information content (AvgIpc) is 2.97. The molecule has 39 heavy (non-hydrogen) atoms. The molecule has 0 N–H and O–H groups in total. The second-order valence-electron chi connectivity index (χ2n) is 10.9. The number of nitrogens with zero attached hydrogens (tertiary/aromatic N) is 3. The van der Waals surface area contributed by atoms with Crippen LogP contribution in [0.15, 0.2) is 77.6 Å². The van der Waals surface area contributed by atoms with Gasteiger partial charge in [0.2, 0.25) is 0 Å². The molecule has 3 aromatic carbocycles. The van der Waals surface area contributed by atoms with Crippen molar-refractivity contribution in [2.24, 2.45) is 0 Å². The summed E-state index contributed by atoms with van der Waals surface area (Å²) in [6, 6.07) is 25.5. The second-order valence-corrected chi connectivity index (χ2v) is 10.9. The van der Waals surface area contributed by atoms with E-state index in [1.165, 1.54) is 11.1 Å². The van der Waals surface area contributed by atoms with Crippen molar-refractivity contribution in [1.29, 1.82) is 0 Å². The van der Waals surface area contributed by atoms with E-state index in [0.717, 1.165) is 72.5 Å².